The third kappa shape index (κ3) is 3.11. The summed E-state index contributed by atoms with van der Waals surface area (Å²) in [7, 11) is 0. The third-order valence-corrected chi connectivity index (χ3v) is 5.28. The first kappa shape index (κ1) is 14.9. The Bertz CT molecular complexity index is 820. The van der Waals surface area contributed by atoms with Crippen molar-refractivity contribution in [2.45, 2.75) is 4.90 Å². The summed E-state index contributed by atoms with van der Waals surface area (Å²) < 4.78 is 30.9. The molecule has 2 aromatic carbocycles. The van der Waals surface area contributed by atoms with Crippen molar-refractivity contribution in [3.05, 3.63) is 57.4 Å². The molecule has 0 aliphatic rings. The Morgan fingerprint density at radius 3 is 2.67 bits per heavy atom. The quantitative estimate of drug-likeness (QED) is 0.416. The topological polar surface area (TPSA) is 12.0 Å². The fourth-order valence-corrected chi connectivity index (χ4v) is 4.08. The highest BCUT2D eigenvalue weighted by atomic mass is 35.5. The maximum absolute atomic E-state index is 13.7. The molecule has 0 radical (unpaired) electrons. The summed E-state index contributed by atoms with van der Waals surface area (Å²) in [4.78, 5) is 0.918. The smallest absolute Gasteiger partial charge is 0.148 e. The molecule has 1 heterocycles. The predicted molar refractivity (Wildman–Crippen MR) is 87.7 cm³/mol. The van der Waals surface area contributed by atoms with E-state index < -0.39 is 11.6 Å². The van der Waals surface area contributed by atoms with E-state index in [0.717, 1.165) is 27.1 Å². The van der Waals surface area contributed by atoms with Gasteiger partial charge in [-0.2, -0.15) is 0 Å². The lowest BCUT2D eigenvalue weighted by molar-refractivity contribution is 0.604. The fourth-order valence-electron chi connectivity index (χ4n) is 1.77. The molecular formula is C14H7Cl2F2NS2. The van der Waals surface area contributed by atoms with Crippen LogP contribution in [0, 0.1) is 11.6 Å². The van der Waals surface area contributed by atoms with Crippen LogP contribution in [0.1, 0.15) is 0 Å². The highest BCUT2D eigenvalue weighted by Gasteiger charge is 2.10. The van der Waals surface area contributed by atoms with Crippen LogP contribution >= 0.6 is 46.5 Å². The standard InChI is InChI=1S/C14H7Cl2F2NS2/c15-7-1-2-8-13(3-7)20-6-14(8)21-19-12-5-10(17)9(16)4-11(12)18/h1-6,19H. The lowest BCUT2D eigenvalue weighted by atomic mass is 10.3. The van der Waals surface area contributed by atoms with Crippen LogP contribution in [0.3, 0.4) is 0 Å². The van der Waals surface area contributed by atoms with Gasteiger partial charge >= 0.3 is 0 Å². The minimum atomic E-state index is -0.664. The molecule has 0 saturated carbocycles. The van der Waals surface area contributed by atoms with Crippen molar-refractivity contribution in [3.63, 3.8) is 0 Å². The van der Waals surface area contributed by atoms with E-state index in [1.54, 1.807) is 6.07 Å². The van der Waals surface area contributed by atoms with Crippen LogP contribution in [-0.2, 0) is 0 Å². The molecule has 1 N–H and O–H groups in total. The Morgan fingerprint density at radius 1 is 1.05 bits per heavy atom. The Morgan fingerprint density at radius 2 is 1.86 bits per heavy atom. The van der Waals surface area contributed by atoms with E-state index in [1.807, 2.05) is 17.5 Å². The monoisotopic (exact) mass is 361 g/mol. The van der Waals surface area contributed by atoms with Gasteiger partial charge in [-0.05, 0) is 30.1 Å². The molecule has 1 nitrogen and oxygen atoms in total. The van der Waals surface area contributed by atoms with E-state index in [9.17, 15) is 8.78 Å². The summed E-state index contributed by atoms with van der Waals surface area (Å²) in [5.41, 5.74) is 0.0511. The summed E-state index contributed by atoms with van der Waals surface area (Å²) in [6, 6.07) is 7.55. The van der Waals surface area contributed by atoms with Gasteiger partial charge in [-0.15, -0.1) is 11.3 Å². The molecule has 0 bridgehead atoms. The molecule has 7 heteroatoms. The predicted octanol–water partition coefficient (Wildman–Crippen LogP) is 6.61. The molecular weight excluding hydrogens is 355 g/mol. The van der Waals surface area contributed by atoms with Gasteiger partial charge in [0.1, 0.15) is 11.6 Å². The number of rotatable bonds is 3. The second-order valence-electron chi connectivity index (χ2n) is 4.19. The summed E-state index contributed by atoms with van der Waals surface area (Å²) in [5, 5.41) is 3.37. The SMILES string of the molecule is Fc1cc(NSc2csc3cc(Cl)ccc23)c(F)cc1Cl. The van der Waals surface area contributed by atoms with E-state index in [1.165, 1.54) is 23.3 Å². The van der Waals surface area contributed by atoms with Gasteiger partial charge in [0.2, 0.25) is 0 Å². The van der Waals surface area contributed by atoms with Crippen molar-refractivity contribution in [1.29, 1.82) is 0 Å². The summed E-state index contributed by atoms with van der Waals surface area (Å²) in [6.07, 6.45) is 0. The number of thiophene rings is 1. The molecule has 21 heavy (non-hydrogen) atoms. The maximum atomic E-state index is 13.7. The minimum Gasteiger partial charge on any atom is -0.323 e. The molecule has 108 valence electrons. The first-order valence-corrected chi connectivity index (χ1v) is 8.24. The third-order valence-electron chi connectivity index (χ3n) is 2.78. The molecule has 3 rings (SSSR count). The number of fused-ring (bicyclic) bond motifs is 1. The van der Waals surface area contributed by atoms with E-state index in [4.69, 9.17) is 23.2 Å². The molecule has 1 aromatic heterocycles. The molecule has 0 amide bonds. The van der Waals surface area contributed by atoms with Gasteiger partial charge in [0.15, 0.2) is 0 Å². The van der Waals surface area contributed by atoms with Crippen LogP contribution in [0.25, 0.3) is 10.1 Å². The number of hydrogen-bond donors (Lipinski definition) is 1. The first-order chi connectivity index (χ1) is 10.0. The van der Waals surface area contributed by atoms with E-state index in [-0.39, 0.29) is 10.7 Å². The van der Waals surface area contributed by atoms with Crippen LogP contribution in [0.4, 0.5) is 14.5 Å². The summed E-state index contributed by atoms with van der Waals surface area (Å²) in [5.74, 6) is -1.26. The average Bonchev–Trinajstić information content (AvgIpc) is 2.83. The maximum Gasteiger partial charge on any atom is 0.148 e. The van der Waals surface area contributed by atoms with Crippen LogP contribution in [-0.4, -0.2) is 0 Å². The van der Waals surface area contributed by atoms with E-state index >= 15 is 0 Å². The van der Waals surface area contributed by atoms with E-state index in [0.29, 0.717) is 5.02 Å². The number of halogens is 4. The zero-order valence-corrected chi connectivity index (χ0v) is 13.4. The summed E-state index contributed by atoms with van der Waals surface area (Å²) in [6.45, 7) is 0. The molecule has 3 aromatic rings. The number of nitrogens with one attached hydrogen (secondary N) is 1. The second kappa shape index (κ2) is 6.01. The zero-order valence-electron chi connectivity index (χ0n) is 10.3. The highest BCUT2D eigenvalue weighted by Crippen LogP contribution is 2.36. The molecule has 0 aliphatic carbocycles. The van der Waals surface area contributed by atoms with Gasteiger partial charge in [0.25, 0.3) is 0 Å². The Labute approximate surface area is 138 Å². The molecule has 0 spiro atoms. The van der Waals surface area contributed by atoms with Crippen LogP contribution in [0.15, 0.2) is 40.6 Å². The number of hydrogen-bond acceptors (Lipinski definition) is 3. The lowest BCUT2D eigenvalue weighted by Gasteiger charge is -2.07. The second-order valence-corrected chi connectivity index (χ2v) is 6.79. The van der Waals surface area contributed by atoms with Gasteiger partial charge in [-0.3, -0.25) is 0 Å². The van der Waals surface area contributed by atoms with Crippen LogP contribution in [0.5, 0.6) is 0 Å². The summed E-state index contributed by atoms with van der Waals surface area (Å²) >= 11 is 14.2. The van der Waals surface area contributed by atoms with Gasteiger partial charge < -0.3 is 4.72 Å². The largest absolute Gasteiger partial charge is 0.323 e. The van der Waals surface area contributed by atoms with Crippen molar-refractivity contribution >= 4 is 62.3 Å². The van der Waals surface area contributed by atoms with Gasteiger partial charge in [0, 0.05) is 31.5 Å². The fraction of sp³-hybridized carbons (Fsp3) is 0. The van der Waals surface area contributed by atoms with Crippen molar-refractivity contribution in [1.82, 2.24) is 0 Å². The van der Waals surface area contributed by atoms with Crippen LogP contribution in [0.2, 0.25) is 10.0 Å². The Balaban J connectivity index is 1.85. The molecule has 0 atom stereocenters. The lowest BCUT2D eigenvalue weighted by Crippen LogP contribution is -1.92. The molecule has 0 unspecified atom stereocenters. The van der Waals surface area contributed by atoms with Crippen molar-refractivity contribution in [2.24, 2.45) is 0 Å². The number of anilines is 1. The highest BCUT2D eigenvalue weighted by molar-refractivity contribution is 8.01. The van der Waals surface area contributed by atoms with Gasteiger partial charge in [-0.25, -0.2) is 8.78 Å². The Hall–Kier alpha value is -1.01. The molecule has 0 saturated heterocycles. The van der Waals surface area contributed by atoms with E-state index in [2.05, 4.69) is 4.72 Å². The van der Waals surface area contributed by atoms with Crippen molar-refractivity contribution in [3.8, 4) is 0 Å². The molecule has 0 fully saturated rings. The molecule has 0 aliphatic heterocycles. The average molecular weight is 362 g/mol. The van der Waals surface area contributed by atoms with Crippen LogP contribution < -0.4 is 4.72 Å². The van der Waals surface area contributed by atoms with Gasteiger partial charge in [-0.1, -0.05) is 29.3 Å². The van der Waals surface area contributed by atoms with Crippen molar-refractivity contribution < 1.29 is 8.78 Å². The Kier molecular flexibility index (Phi) is 4.26. The van der Waals surface area contributed by atoms with Gasteiger partial charge in [0.05, 0.1) is 10.7 Å². The van der Waals surface area contributed by atoms with Crippen molar-refractivity contribution in [2.75, 3.05) is 4.72 Å². The minimum absolute atomic E-state index is 0.0511. The first-order valence-electron chi connectivity index (χ1n) is 5.79. The zero-order chi connectivity index (χ0) is 15.0. The number of benzene rings is 2. The normalized spacial score (nSPS) is 11.0.